The molecule has 2 aromatic rings. The molecule has 1 aromatic heterocycles. The Balaban J connectivity index is 2.26. The van der Waals surface area contributed by atoms with E-state index in [0.717, 1.165) is 16.8 Å². The lowest BCUT2D eigenvalue weighted by molar-refractivity contribution is -0.135. The van der Waals surface area contributed by atoms with Crippen LogP contribution in [0.15, 0.2) is 47.5 Å². The van der Waals surface area contributed by atoms with Crippen molar-refractivity contribution < 1.29 is 14.3 Å². The van der Waals surface area contributed by atoms with Gasteiger partial charge >= 0.3 is 5.97 Å². The molecule has 20 heavy (non-hydrogen) atoms. The smallest absolute Gasteiger partial charge is 0.324 e. The van der Waals surface area contributed by atoms with Crippen molar-refractivity contribution >= 4 is 35.3 Å². The van der Waals surface area contributed by atoms with E-state index in [4.69, 9.17) is 16.7 Å². The molecule has 0 aliphatic heterocycles. The highest BCUT2D eigenvalue weighted by atomic mass is 35.5. The maximum atomic E-state index is 13.7. The highest BCUT2D eigenvalue weighted by Crippen LogP contribution is 2.29. The molecule has 0 aliphatic rings. The van der Waals surface area contributed by atoms with Gasteiger partial charge in [-0.1, -0.05) is 11.6 Å². The van der Waals surface area contributed by atoms with Crippen LogP contribution in [-0.2, 0) is 4.79 Å². The van der Waals surface area contributed by atoms with E-state index in [9.17, 15) is 9.18 Å². The van der Waals surface area contributed by atoms with Crippen molar-refractivity contribution in [3.63, 3.8) is 0 Å². The fourth-order valence-corrected chi connectivity index (χ4v) is 2.49. The number of hydrogen-bond acceptors (Lipinski definition) is 4. The normalized spacial score (nSPS) is 10.3. The molecule has 0 fully saturated rings. The van der Waals surface area contributed by atoms with Gasteiger partial charge in [0.25, 0.3) is 0 Å². The predicted molar refractivity (Wildman–Crippen MR) is 76.5 cm³/mol. The quantitative estimate of drug-likeness (QED) is 0.857. The molecular weight excluding hydrogens is 303 g/mol. The Morgan fingerprint density at radius 3 is 2.65 bits per heavy atom. The number of nitrogens with zero attached hydrogens (tertiary/aromatic N) is 2. The van der Waals surface area contributed by atoms with Crippen LogP contribution in [0.25, 0.3) is 0 Å². The van der Waals surface area contributed by atoms with Crippen LogP contribution in [0.1, 0.15) is 0 Å². The monoisotopic (exact) mass is 312 g/mol. The van der Waals surface area contributed by atoms with Crippen LogP contribution in [0.4, 0.5) is 10.2 Å². The van der Waals surface area contributed by atoms with E-state index in [1.165, 1.54) is 22.6 Å². The van der Waals surface area contributed by atoms with E-state index >= 15 is 0 Å². The minimum Gasteiger partial charge on any atom is -0.480 e. The van der Waals surface area contributed by atoms with Crippen LogP contribution >= 0.6 is 23.5 Å². The Bertz CT molecular complexity index is 610. The largest absolute Gasteiger partial charge is 0.480 e. The Morgan fingerprint density at radius 1 is 1.35 bits per heavy atom. The van der Waals surface area contributed by atoms with Crippen LogP contribution in [0.5, 0.6) is 0 Å². The van der Waals surface area contributed by atoms with Crippen molar-refractivity contribution in [3.8, 4) is 0 Å². The van der Waals surface area contributed by atoms with Crippen LogP contribution in [-0.4, -0.2) is 22.6 Å². The number of halogens is 2. The number of hydrogen-bond donors (Lipinski definition) is 1. The van der Waals surface area contributed by atoms with Crippen LogP contribution in [0.2, 0.25) is 5.02 Å². The fraction of sp³-hybridized carbons (Fsp3) is 0.0769. The zero-order chi connectivity index (χ0) is 14.5. The minimum atomic E-state index is -1.07. The summed E-state index contributed by atoms with van der Waals surface area (Å²) in [7, 11) is 0. The standard InChI is InChI=1S/C13H10ClFN2O2S/c14-9-3-5-10(6-4-9)20-17(8-12(18)19)13-11(15)2-1-7-16-13/h1-7H,8H2,(H,18,19). The number of pyridine rings is 1. The van der Waals surface area contributed by atoms with Gasteiger partial charge in [-0.25, -0.2) is 9.37 Å². The molecule has 0 saturated carbocycles. The molecule has 1 aromatic carbocycles. The van der Waals surface area contributed by atoms with Gasteiger partial charge in [-0.05, 0) is 48.3 Å². The highest BCUT2D eigenvalue weighted by molar-refractivity contribution is 8.00. The number of carboxylic acid groups (broad SMARTS) is 1. The molecule has 1 heterocycles. The first kappa shape index (κ1) is 14.6. The van der Waals surface area contributed by atoms with Crippen LogP contribution < -0.4 is 4.31 Å². The molecule has 104 valence electrons. The summed E-state index contributed by atoms with van der Waals surface area (Å²) in [5.74, 6) is -1.67. The van der Waals surface area contributed by atoms with E-state index in [1.807, 2.05) is 0 Å². The summed E-state index contributed by atoms with van der Waals surface area (Å²) < 4.78 is 15.0. The van der Waals surface area contributed by atoms with Crippen molar-refractivity contribution in [2.24, 2.45) is 0 Å². The molecule has 4 nitrogen and oxygen atoms in total. The lowest BCUT2D eigenvalue weighted by Gasteiger charge is -2.20. The number of aliphatic carboxylic acids is 1. The molecule has 0 atom stereocenters. The molecule has 0 aliphatic carbocycles. The summed E-state index contributed by atoms with van der Waals surface area (Å²) in [6.07, 6.45) is 1.41. The number of aromatic nitrogens is 1. The third-order valence-electron chi connectivity index (χ3n) is 2.28. The molecule has 0 spiro atoms. The molecule has 0 bridgehead atoms. The third-order valence-corrected chi connectivity index (χ3v) is 3.54. The summed E-state index contributed by atoms with van der Waals surface area (Å²) in [6.45, 7) is -0.374. The zero-order valence-corrected chi connectivity index (χ0v) is 11.7. The first-order chi connectivity index (χ1) is 9.56. The second-order valence-corrected chi connectivity index (χ2v) is 5.32. The Kier molecular flexibility index (Phi) is 4.81. The number of rotatable bonds is 5. The lowest BCUT2D eigenvalue weighted by Crippen LogP contribution is -2.24. The SMILES string of the molecule is O=C(O)CN(Sc1ccc(Cl)cc1)c1ncccc1F. The van der Waals surface area contributed by atoms with Crippen molar-refractivity contribution in [1.82, 2.24) is 4.98 Å². The van der Waals surface area contributed by atoms with Crippen molar-refractivity contribution in [2.45, 2.75) is 4.90 Å². The molecule has 2 rings (SSSR count). The Morgan fingerprint density at radius 2 is 2.05 bits per heavy atom. The van der Waals surface area contributed by atoms with Gasteiger partial charge in [0.15, 0.2) is 11.6 Å². The highest BCUT2D eigenvalue weighted by Gasteiger charge is 2.17. The van der Waals surface area contributed by atoms with E-state index in [0.29, 0.717) is 5.02 Å². The maximum absolute atomic E-state index is 13.7. The maximum Gasteiger partial charge on any atom is 0.324 e. The van der Waals surface area contributed by atoms with Crippen molar-refractivity contribution in [2.75, 3.05) is 10.8 Å². The van der Waals surface area contributed by atoms with E-state index in [-0.39, 0.29) is 12.4 Å². The number of carboxylic acids is 1. The second-order valence-electron chi connectivity index (χ2n) is 3.78. The number of carbonyl (C=O) groups is 1. The first-order valence-corrected chi connectivity index (χ1v) is 6.75. The average Bonchev–Trinajstić information content (AvgIpc) is 2.41. The minimum absolute atomic E-state index is 0.0187. The topological polar surface area (TPSA) is 53.4 Å². The van der Waals surface area contributed by atoms with Gasteiger partial charge in [0, 0.05) is 16.1 Å². The second kappa shape index (κ2) is 6.58. The summed E-state index contributed by atoms with van der Waals surface area (Å²) in [5, 5.41) is 9.50. The van der Waals surface area contributed by atoms with Gasteiger partial charge in [0.2, 0.25) is 0 Å². The van der Waals surface area contributed by atoms with Gasteiger partial charge in [-0.3, -0.25) is 9.10 Å². The van der Waals surface area contributed by atoms with Gasteiger partial charge < -0.3 is 5.11 Å². The Labute approximate surface area is 124 Å². The van der Waals surface area contributed by atoms with Gasteiger partial charge in [0.05, 0.1) is 0 Å². The van der Waals surface area contributed by atoms with E-state index in [1.54, 1.807) is 24.3 Å². The number of anilines is 1. The van der Waals surface area contributed by atoms with Crippen molar-refractivity contribution in [1.29, 1.82) is 0 Å². The first-order valence-electron chi connectivity index (χ1n) is 5.59. The predicted octanol–water partition coefficient (Wildman–Crippen LogP) is 3.47. The Hall–Kier alpha value is -1.79. The van der Waals surface area contributed by atoms with Crippen LogP contribution in [0.3, 0.4) is 0 Å². The van der Waals surface area contributed by atoms with Crippen LogP contribution in [0, 0.1) is 5.82 Å². The lowest BCUT2D eigenvalue weighted by atomic mass is 10.4. The summed E-state index contributed by atoms with van der Waals surface area (Å²) in [4.78, 5) is 15.5. The molecule has 0 amide bonds. The van der Waals surface area contributed by atoms with Crippen molar-refractivity contribution in [3.05, 3.63) is 53.4 Å². The molecule has 0 saturated heterocycles. The van der Waals surface area contributed by atoms with E-state index in [2.05, 4.69) is 4.98 Å². The zero-order valence-electron chi connectivity index (χ0n) is 10.2. The summed E-state index contributed by atoms with van der Waals surface area (Å²) >= 11 is 6.87. The molecule has 0 unspecified atom stereocenters. The number of benzene rings is 1. The van der Waals surface area contributed by atoms with Gasteiger partial charge in [-0.2, -0.15) is 0 Å². The average molecular weight is 313 g/mol. The third kappa shape index (κ3) is 3.85. The summed E-state index contributed by atoms with van der Waals surface area (Å²) in [6, 6.07) is 9.49. The molecule has 1 N–H and O–H groups in total. The van der Waals surface area contributed by atoms with Gasteiger partial charge in [-0.15, -0.1) is 0 Å². The summed E-state index contributed by atoms with van der Waals surface area (Å²) in [5.41, 5.74) is 0. The fourth-order valence-electron chi connectivity index (χ4n) is 1.46. The van der Waals surface area contributed by atoms with E-state index < -0.39 is 11.8 Å². The van der Waals surface area contributed by atoms with Gasteiger partial charge in [0.1, 0.15) is 6.54 Å². The molecular formula is C13H10ClFN2O2S. The molecule has 0 radical (unpaired) electrons. The molecule has 7 heteroatoms.